The predicted molar refractivity (Wildman–Crippen MR) is 121 cm³/mol. The van der Waals surface area contributed by atoms with Crippen LogP contribution >= 0.6 is 23.2 Å². The third kappa shape index (κ3) is 5.39. The van der Waals surface area contributed by atoms with Crippen LogP contribution in [0.15, 0.2) is 36.4 Å². The second-order valence-corrected chi connectivity index (χ2v) is 8.16. The van der Waals surface area contributed by atoms with E-state index in [1.165, 1.54) is 4.57 Å². The summed E-state index contributed by atoms with van der Waals surface area (Å²) in [6.07, 6.45) is -0.551. The fraction of sp³-hybridized carbons (Fsp3) is 0.286. The van der Waals surface area contributed by atoms with Crippen LogP contribution in [0.3, 0.4) is 0 Å². The minimum Gasteiger partial charge on any atom is -0.497 e. The van der Waals surface area contributed by atoms with Crippen molar-refractivity contribution in [1.82, 2.24) is 19.5 Å². The van der Waals surface area contributed by atoms with Gasteiger partial charge in [-0.25, -0.2) is 19.3 Å². The minimum absolute atomic E-state index is 0.0671. The Bertz CT molecular complexity index is 1230. The summed E-state index contributed by atoms with van der Waals surface area (Å²) in [5.41, 5.74) is 2.30. The van der Waals surface area contributed by atoms with E-state index >= 15 is 0 Å². The second-order valence-electron chi connectivity index (χ2n) is 7.46. The SMILES string of the molecule is COc1ccc2c(c1)nc(Cl)n2C(=O)OC(C)(C)C.COc1ccc2nc(Cl)[nH]c2c1. The summed E-state index contributed by atoms with van der Waals surface area (Å²) in [5.74, 6) is 1.45. The quantitative estimate of drug-likeness (QED) is 0.408. The number of benzene rings is 2. The molecule has 0 aliphatic rings. The van der Waals surface area contributed by atoms with Gasteiger partial charge in [0.15, 0.2) is 0 Å². The van der Waals surface area contributed by atoms with Crippen molar-refractivity contribution in [3.05, 3.63) is 47.0 Å². The number of aromatic nitrogens is 4. The standard InChI is InChI=1S/C13H15ClN2O3.C8H7ClN2O/c1-13(2,3)19-12(17)16-10-6-5-8(18-4)7-9(10)15-11(16)14;1-12-5-2-3-6-7(4-5)11-8(9)10-6/h5-7H,1-4H3;2-4H,1H3,(H,10,11). The number of hydrogen-bond acceptors (Lipinski definition) is 6. The maximum absolute atomic E-state index is 12.1. The molecule has 2 aromatic heterocycles. The lowest BCUT2D eigenvalue weighted by Gasteiger charge is -2.19. The zero-order valence-corrected chi connectivity index (χ0v) is 19.2. The molecular formula is C21H22Cl2N4O4. The number of H-pyrrole nitrogens is 1. The molecule has 8 nitrogen and oxygen atoms in total. The van der Waals surface area contributed by atoms with Crippen molar-refractivity contribution in [2.24, 2.45) is 0 Å². The van der Waals surface area contributed by atoms with Gasteiger partial charge in [-0.3, -0.25) is 0 Å². The second kappa shape index (κ2) is 9.03. The molecule has 0 amide bonds. The number of carbonyl (C=O) groups is 1. The van der Waals surface area contributed by atoms with Gasteiger partial charge in [0, 0.05) is 12.1 Å². The molecule has 2 heterocycles. The van der Waals surface area contributed by atoms with E-state index in [4.69, 9.17) is 37.4 Å². The largest absolute Gasteiger partial charge is 0.497 e. The van der Waals surface area contributed by atoms with Crippen LogP contribution in [0, 0.1) is 0 Å². The summed E-state index contributed by atoms with van der Waals surface area (Å²) in [6, 6.07) is 10.7. The summed E-state index contributed by atoms with van der Waals surface area (Å²) in [5, 5.41) is 0.468. The van der Waals surface area contributed by atoms with E-state index in [0.717, 1.165) is 16.8 Å². The van der Waals surface area contributed by atoms with Crippen LogP contribution in [0.25, 0.3) is 22.1 Å². The Kier molecular flexibility index (Phi) is 6.62. The molecule has 0 unspecified atom stereocenters. The maximum atomic E-state index is 12.1. The number of aromatic amines is 1. The average Bonchev–Trinajstić information content (AvgIpc) is 3.23. The molecule has 1 N–H and O–H groups in total. The normalized spacial score (nSPS) is 11.2. The maximum Gasteiger partial charge on any atom is 0.421 e. The lowest BCUT2D eigenvalue weighted by molar-refractivity contribution is 0.0544. The Balaban J connectivity index is 0.000000194. The number of nitrogens with one attached hydrogen (secondary N) is 1. The zero-order chi connectivity index (χ0) is 22.8. The molecule has 4 rings (SSSR count). The fourth-order valence-corrected chi connectivity index (χ4v) is 3.17. The summed E-state index contributed by atoms with van der Waals surface area (Å²) in [6.45, 7) is 5.38. The molecule has 0 saturated heterocycles. The first-order chi connectivity index (χ1) is 14.6. The molecule has 0 saturated carbocycles. The van der Waals surface area contributed by atoms with E-state index in [1.807, 2.05) is 18.2 Å². The summed E-state index contributed by atoms with van der Waals surface area (Å²) < 4.78 is 16.7. The first-order valence-electron chi connectivity index (χ1n) is 9.26. The van der Waals surface area contributed by atoms with Gasteiger partial charge >= 0.3 is 6.09 Å². The van der Waals surface area contributed by atoms with Gasteiger partial charge in [-0.2, -0.15) is 0 Å². The molecule has 0 aliphatic heterocycles. The van der Waals surface area contributed by atoms with Crippen molar-refractivity contribution in [2.45, 2.75) is 26.4 Å². The number of nitrogens with zero attached hydrogens (tertiary/aromatic N) is 3. The molecule has 0 fully saturated rings. The Labute approximate surface area is 189 Å². The first kappa shape index (κ1) is 22.7. The number of hydrogen-bond donors (Lipinski definition) is 1. The molecule has 10 heteroatoms. The predicted octanol–water partition coefficient (Wildman–Crippen LogP) is 5.71. The van der Waals surface area contributed by atoms with Crippen molar-refractivity contribution in [2.75, 3.05) is 14.2 Å². The Morgan fingerprint density at radius 3 is 2.26 bits per heavy atom. The van der Waals surface area contributed by atoms with Gasteiger partial charge in [-0.1, -0.05) is 0 Å². The van der Waals surface area contributed by atoms with E-state index < -0.39 is 11.7 Å². The van der Waals surface area contributed by atoms with Crippen molar-refractivity contribution in [3.8, 4) is 11.5 Å². The number of methoxy groups -OCH3 is 2. The monoisotopic (exact) mass is 464 g/mol. The highest BCUT2D eigenvalue weighted by molar-refractivity contribution is 6.30. The molecule has 4 aromatic rings. The molecular weight excluding hydrogens is 443 g/mol. The van der Waals surface area contributed by atoms with E-state index in [2.05, 4.69) is 15.0 Å². The van der Waals surface area contributed by atoms with Gasteiger partial charge in [0.2, 0.25) is 10.6 Å². The van der Waals surface area contributed by atoms with Crippen LogP contribution in [0.4, 0.5) is 4.79 Å². The van der Waals surface area contributed by atoms with Gasteiger partial charge in [0.05, 0.1) is 36.3 Å². The number of carbonyl (C=O) groups excluding carboxylic acids is 1. The minimum atomic E-state index is -0.594. The summed E-state index contributed by atoms with van der Waals surface area (Å²) in [4.78, 5) is 23.2. The van der Waals surface area contributed by atoms with Crippen LogP contribution < -0.4 is 9.47 Å². The number of halogens is 2. The van der Waals surface area contributed by atoms with Gasteiger partial charge < -0.3 is 19.2 Å². The van der Waals surface area contributed by atoms with E-state index in [1.54, 1.807) is 53.2 Å². The highest BCUT2D eigenvalue weighted by Gasteiger charge is 2.22. The van der Waals surface area contributed by atoms with Crippen molar-refractivity contribution < 1.29 is 19.0 Å². The van der Waals surface area contributed by atoms with Gasteiger partial charge in [-0.05, 0) is 68.2 Å². The van der Waals surface area contributed by atoms with Gasteiger partial charge in [0.25, 0.3) is 0 Å². The van der Waals surface area contributed by atoms with Crippen LogP contribution in [-0.2, 0) is 4.74 Å². The molecule has 31 heavy (non-hydrogen) atoms. The highest BCUT2D eigenvalue weighted by Crippen LogP contribution is 2.25. The Hall–Kier alpha value is -2.97. The average molecular weight is 465 g/mol. The third-order valence-electron chi connectivity index (χ3n) is 4.06. The summed E-state index contributed by atoms with van der Waals surface area (Å²) >= 11 is 11.7. The molecule has 2 aromatic carbocycles. The molecule has 0 atom stereocenters. The van der Waals surface area contributed by atoms with Crippen molar-refractivity contribution in [1.29, 1.82) is 0 Å². The molecule has 164 valence electrons. The number of rotatable bonds is 2. The van der Waals surface area contributed by atoms with E-state index in [9.17, 15) is 4.79 Å². The summed E-state index contributed by atoms with van der Waals surface area (Å²) in [7, 11) is 3.19. The molecule has 0 spiro atoms. The third-order valence-corrected chi connectivity index (χ3v) is 4.49. The number of ether oxygens (including phenoxy) is 3. The van der Waals surface area contributed by atoms with Crippen LogP contribution in [0.2, 0.25) is 10.6 Å². The Morgan fingerprint density at radius 1 is 0.968 bits per heavy atom. The van der Waals surface area contributed by atoms with Crippen LogP contribution in [0.5, 0.6) is 11.5 Å². The smallest absolute Gasteiger partial charge is 0.421 e. The van der Waals surface area contributed by atoms with Crippen molar-refractivity contribution in [3.63, 3.8) is 0 Å². The van der Waals surface area contributed by atoms with E-state index in [0.29, 0.717) is 22.1 Å². The Morgan fingerprint density at radius 2 is 1.61 bits per heavy atom. The van der Waals surface area contributed by atoms with Gasteiger partial charge in [0.1, 0.15) is 17.1 Å². The van der Waals surface area contributed by atoms with Crippen LogP contribution in [0.1, 0.15) is 20.8 Å². The lowest BCUT2D eigenvalue weighted by atomic mass is 10.2. The van der Waals surface area contributed by atoms with Gasteiger partial charge in [-0.15, -0.1) is 0 Å². The fourth-order valence-electron chi connectivity index (χ4n) is 2.72. The molecule has 0 radical (unpaired) electrons. The molecule has 0 bridgehead atoms. The van der Waals surface area contributed by atoms with E-state index in [-0.39, 0.29) is 5.28 Å². The molecule has 0 aliphatic carbocycles. The topological polar surface area (TPSA) is 91.3 Å². The zero-order valence-electron chi connectivity index (χ0n) is 17.7. The van der Waals surface area contributed by atoms with Crippen LogP contribution in [-0.4, -0.2) is 45.4 Å². The lowest BCUT2D eigenvalue weighted by Crippen LogP contribution is -2.27. The highest BCUT2D eigenvalue weighted by atomic mass is 35.5. The number of imidazole rings is 2. The number of fused-ring (bicyclic) bond motifs is 2. The first-order valence-corrected chi connectivity index (χ1v) is 10.0. The van der Waals surface area contributed by atoms with Crippen molar-refractivity contribution >= 4 is 51.4 Å².